The highest BCUT2D eigenvalue weighted by molar-refractivity contribution is 6.32. The van der Waals surface area contributed by atoms with Gasteiger partial charge in [-0.2, -0.15) is 5.26 Å². The molecular weight excluding hydrogens is 334 g/mol. The summed E-state index contributed by atoms with van der Waals surface area (Å²) in [6.45, 7) is 6.89. The van der Waals surface area contributed by atoms with Crippen LogP contribution in [-0.2, 0) is 16.8 Å². The molecule has 1 heterocycles. The largest absolute Gasteiger partial charge is 0.444 e. The molecule has 0 aliphatic rings. The Hall–Kier alpha value is -2.82. The SMILES string of the molecule is [B]c1ccc(F)c(C(C)(Cn2ccnc2C#N)NC(=O)OC(C)(C)C)c1. The predicted octanol–water partition coefficient (Wildman–Crippen LogP) is 2.13. The zero-order valence-corrected chi connectivity index (χ0v) is 15.2. The van der Waals surface area contributed by atoms with E-state index in [2.05, 4.69) is 10.3 Å². The Morgan fingerprint density at radius 3 is 2.73 bits per heavy atom. The minimum Gasteiger partial charge on any atom is -0.444 e. The molecule has 0 saturated carbocycles. The fraction of sp³-hybridized carbons (Fsp3) is 0.389. The molecule has 1 N–H and O–H groups in total. The van der Waals surface area contributed by atoms with Crippen LogP contribution < -0.4 is 10.8 Å². The molecule has 0 aliphatic carbocycles. The summed E-state index contributed by atoms with van der Waals surface area (Å²) < 4.78 is 21.4. The van der Waals surface area contributed by atoms with Gasteiger partial charge < -0.3 is 14.6 Å². The normalized spacial score (nSPS) is 13.5. The number of carbonyl (C=O) groups excluding carboxylic acids is 1. The van der Waals surface area contributed by atoms with Gasteiger partial charge in [-0.1, -0.05) is 17.6 Å². The standard InChI is InChI=1S/C18H20BFN4O2/c1-17(2,3)26-16(25)23-18(4,11-24-8-7-22-15(24)10-21)13-9-12(19)5-6-14(13)20/h5-9H,11H2,1-4H3,(H,23,25). The van der Waals surface area contributed by atoms with Gasteiger partial charge in [-0.05, 0) is 33.8 Å². The molecule has 1 unspecified atom stereocenters. The minimum absolute atomic E-state index is 0.0650. The van der Waals surface area contributed by atoms with E-state index in [1.807, 2.05) is 6.07 Å². The van der Waals surface area contributed by atoms with Crippen molar-refractivity contribution < 1.29 is 13.9 Å². The van der Waals surface area contributed by atoms with E-state index in [0.29, 0.717) is 5.46 Å². The van der Waals surface area contributed by atoms with E-state index in [1.54, 1.807) is 33.9 Å². The van der Waals surface area contributed by atoms with Gasteiger partial charge in [-0.25, -0.2) is 14.2 Å². The van der Waals surface area contributed by atoms with Crippen LogP contribution in [0.2, 0.25) is 0 Å². The Labute approximate surface area is 153 Å². The zero-order valence-electron chi connectivity index (χ0n) is 15.2. The summed E-state index contributed by atoms with van der Waals surface area (Å²) in [5, 5.41) is 11.9. The molecule has 1 aromatic carbocycles. The summed E-state index contributed by atoms with van der Waals surface area (Å²) in [5.41, 5.74) is -1.41. The molecule has 2 rings (SSSR count). The van der Waals surface area contributed by atoms with Gasteiger partial charge in [0.1, 0.15) is 25.3 Å². The average molecular weight is 354 g/mol. The maximum absolute atomic E-state index is 14.5. The van der Waals surface area contributed by atoms with Gasteiger partial charge in [0, 0.05) is 18.0 Å². The van der Waals surface area contributed by atoms with Crippen LogP contribution in [0.1, 0.15) is 39.1 Å². The van der Waals surface area contributed by atoms with Crippen molar-refractivity contribution in [2.45, 2.75) is 45.4 Å². The third-order valence-electron chi connectivity index (χ3n) is 3.66. The first-order valence-corrected chi connectivity index (χ1v) is 8.02. The minimum atomic E-state index is -1.23. The number of halogens is 1. The number of ether oxygens (including phenoxy) is 1. The molecule has 2 radical (unpaired) electrons. The van der Waals surface area contributed by atoms with Gasteiger partial charge in [0.25, 0.3) is 0 Å². The van der Waals surface area contributed by atoms with Crippen LogP contribution in [-0.4, -0.2) is 29.1 Å². The van der Waals surface area contributed by atoms with Crippen LogP contribution in [0.15, 0.2) is 30.6 Å². The number of rotatable bonds is 4. The predicted molar refractivity (Wildman–Crippen MR) is 95.5 cm³/mol. The van der Waals surface area contributed by atoms with Gasteiger partial charge >= 0.3 is 6.09 Å². The van der Waals surface area contributed by atoms with Gasteiger partial charge in [0.2, 0.25) is 5.82 Å². The lowest BCUT2D eigenvalue weighted by molar-refractivity contribution is 0.0448. The number of benzene rings is 1. The van der Waals surface area contributed by atoms with E-state index in [1.165, 1.54) is 29.0 Å². The van der Waals surface area contributed by atoms with Crippen LogP contribution in [0.4, 0.5) is 9.18 Å². The Morgan fingerprint density at radius 1 is 1.42 bits per heavy atom. The van der Waals surface area contributed by atoms with Crippen molar-refractivity contribution in [3.63, 3.8) is 0 Å². The van der Waals surface area contributed by atoms with Gasteiger partial charge in [0.15, 0.2) is 0 Å². The molecule has 0 fully saturated rings. The zero-order chi connectivity index (χ0) is 19.5. The maximum Gasteiger partial charge on any atom is 0.408 e. The maximum atomic E-state index is 14.5. The molecule has 0 spiro atoms. The molecule has 26 heavy (non-hydrogen) atoms. The molecule has 1 atom stereocenters. The van der Waals surface area contributed by atoms with E-state index in [4.69, 9.17) is 17.8 Å². The number of amides is 1. The molecule has 0 saturated heterocycles. The Morgan fingerprint density at radius 2 is 2.12 bits per heavy atom. The van der Waals surface area contributed by atoms with Crippen LogP contribution in [0.3, 0.4) is 0 Å². The second-order valence-corrected chi connectivity index (χ2v) is 7.19. The van der Waals surface area contributed by atoms with Crippen LogP contribution in [0, 0.1) is 17.1 Å². The Bertz CT molecular complexity index is 854. The summed E-state index contributed by atoms with van der Waals surface area (Å²) in [7, 11) is 5.80. The highest BCUT2D eigenvalue weighted by Gasteiger charge is 2.34. The molecule has 6 nitrogen and oxygen atoms in total. The molecule has 0 bridgehead atoms. The first-order chi connectivity index (χ1) is 12.0. The monoisotopic (exact) mass is 354 g/mol. The smallest absolute Gasteiger partial charge is 0.408 e. The van der Waals surface area contributed by atoms with Crippen molar-refractivity contribution >= 4 is 19.4 Å². The highest BCUT2D eigenvalue weighted by Crippen LogP contribution is 2.26. The van der Waals surface area contributed by atoms with Crippen LogP contribution in [0.5, 0.6) is 0 Å². The second-order valence-electron chi connectivity index (χ2n) is 7.19. The van der Waals surface area contributed by atoms with Crippen LogP contribution >= 0.6 is 0 Å². The number of nitrogens with one attached hydrogen (secondary N) is 1. The lowest BCUT2D eigenvalue weighted by Crippen LogP contribution is -2.49. The molecule has 2 aromatic rings. The number of nitriles is 1. The quantitative estimate of drug-likeness (QED) is 0.853. The summed E-state index contributed by atoms with van der Waals surface area (Å²) in [6, 6.07) is 6.08. The van der Waals surface area contributed by atoms with E-state index >= 15 is 0 Å². The number of hydrogen-bond acceptors (Lipinski definition) is 4. The molecule has 134 valence electrons. The molecular formula is C18H20BFN4O2. The molecule has 0 aliphatic heterocycles. The Balaban J connectivity index is 2.45. The number of aromatic nitrogens is 2. The first-order valence-electron chi connectivity index (χ1n) is 8.02. The van der Waals surface area contributed by atoms with Gasteiger partial charge in [-0.3, -0.25) is 0 Å². The first kappa shape index (κ1) is 19.5. The van der Waals surface area contributed by atoms with Crippen molar-refractivity contribution in [3.8, 4) is 6.07 Å². The number of carbonyl (C=O) groups is 1. The lowest BCUT2D eigenvalue weighted by atomic mass is 9.85. The number of hydrogen-bond donors (Lipinski definition) is 1. The summed E-state index contributed by atoms with van der Waals surface area (Å²) >= 11 is 0. The van der Waals surface area contributed by atoms with Gasteiger partial charge in [-0.15, -0.1) is 0 Å². The van der Waals surface area contributed by atoms with Crippen LogP contribution in [0.25, 0.3) is 0 Å². The summed E-state index contributed by atoms with van der Waals surface area (Å²) in [4.78, 5) is 16.3. The fourth-order valence-corrected chi connectivity index (χ4v) is 2.58. The lowest BCUT2D eigenvalue weighted by Gasteiger charge is -2.33. The average Bonchev–Trinajstić information content (AvgIpc) is 2.94. The molecule has 1 amide bonds. The van der Waals surface area contributed by atoms with E-state index in [-0.39, 0.29) is 17.9 Å². The second kappa shape index (κ2) is 7.20. The Kier molecular flexibility index (Phi) is 5.40. The highest BCUT2D eigenvalue weighted by atomic mass is 19.1. The number of imidazole rings is 1. The third kappa shape index (κ3) is 4.63. The van der Waals surface area contributed by atoms with Crippen molar-refractivity contribution in [1.82, 2.24) is 14.9 Å². The van der Waals surface area contributed by atoms with E-state index in [0.717, 1.165) is 0 Å². The third-order valence-corrected chi connectivity index (χ3v) is 3.66. The van der Waals surface area contributed by atoms with E-state index in [9.17, 15) is 9.18 Å². The topological polar surface area (TPSA) is 79.9 Å². The fourth-order valence-electron chi connectivity index (χ4n) is 2.58. The summed E-state index contributed by atoms with van der Waals surface area (Å²) in [5.74, 6) is -0.386. The number of nitrogens with zero attached hydrogens (tertiary/aromatic N) is 3. The summed E-state index contributed by atoms with van der Waals surface area (Å²) in [6.07, 6.45) is 2.33. The van der Waals surface area contributed by atoms with Gasteiger partial charge in [0.05, 0.1) is 12.1 Å². The van der Waals surface area contributed by atoms with E-state index < -0.39 is 23.1 Å². The van der Waals surface area contributed by atoms with Crippen molar-refractivity contribution in [2.24, 2.45) is 0 Å². The van der Waals surface area contributed by atoms with Crippen molar-refractivity contribution in [1.29, 1.82) is 5.26 Å². The number of alkyl carbamates (subject to hydrolysis) is 1. The molecule has 1 aromatic heterocycles. The molecule has 8 heteroatoms. The van der Waals surface area contributed by atoms with Crippen molar-refractivity contribution in [3.05, 3.63) is 47.8 Å². The van der Waals surface area contributed by atoms with Crippen molar-refractivity contribution in [2.75, 3.05) is 0 Å².